The van der Waals surface area contributed by atoms with E-state index in [0.29, 0.717) is 6.61 Å². The molecule has 0 bridgehead atoms. The van der Waals surface area contributed by atoms with Crippen molar-refractivity contribution in [2.24, 2.45) is 0 Å². The minimum atomic E-state index is -3.51. The first kappa shape index (κ1) is 31.4. The van der Waals surface area contributed by atoms with E-state index in [0.717, 1.165) is 6.42 Å². The normalized spacial score (nSPS) is 12.2. The third-order valence-corrected chi connectivity index (χ3v) is 3.51. The van der Waals surface area contributed by atoms with Gasteiger partial charge in [-0.05, 0) is 6.42 Å². The van der Waals surface area contributed by atoms with Crippen LogP contribution in [-0.2, 0) is 13.4 Å². The average molecular weight is 380 g/mol. The van der Waals surface area contributed by atoms with Gasteiger partial charge in [0.1, 0.15) is 16.5 Å². The summed E-state index contributed by atoms with van der Waals surface area (Å²) in [5.74, 6) is 0. The molecule has 0 saturated heterocycles. The molecule has 0 radical (unpaired) electrons. The fourth-order valence-electron chi connectivity index (χ4n) is 1.31. The Morgan fingerprint density at radius 3 is 1.45 bits per heavy atom. The minimum absolute atomic E-state index is 0. The predicted molar refractivity (Wildman–Crippen MR) is 68.8 cm³/mol. The fourth-order valence-corrected chi connectivity index (χ4v) is 1.86. The van der Waals surface area contributed by atoms with Crippen LogP contribution in [0, 0.1) is 0 Å². The largest absolute Gasteiger partial charge is 1.00 e. The molecule has 6 nitrogen and oxygen atoms in total. The Hall–Kier alpha value is 3.57. The second-order valence-electron chi connectivity index (χ2n) is 3.80. The van der Waals surface area contributed by atoms with Crippen molar-refractivity contribution in [2.45, 2.75) is 58.3 Å². The van der Waals surface area contributed by atoms with E-state index in [1.807, 2.05) is 0 Å². The van der Waals surface area contributed by atoms with Crippen LogP contribution in [0.25, 0.3) is 0 Å². The van der Waals surface area contributed by atoms with E-state index in [4.69, 9.17) is 5.11 Å². The first-order chi connectivity index (χ1) is 8.54. The molecule has 112 valence electrons. The molecule has 0 aliphatic heterocycles. The quantitative estimate of drug-likeness (QED) is 0.233. The zero-order chi connectivity index (χ0) is 14.2. The summed E-state index contributed by atoms with van der Waals surface area (Å²) in [6.45, 7) is 2.61. The Morgan fingerprint density at radius 2 is 1.20 bits per heavy atom. The van der Waals surface area contributed by atoms with Crippen LogP contribution < -0.4 is 113 Å². The Labute approximate surface area is 208 Å². The third-order valence-electron chi connectivity index (χ3n) is 2.18. The van der Waals surface area contributed by atoms with Crippen molar-refractivity contribution in [3.05, 3.63) is 0 Å². The fraction of sp³-hybridized carbons (Fsp3) is 1.00. The monoisotopic (exact) mass is 380 g/mol. The van der Waals surface area contributed by atoms with Gasteiger partial charge < -0.3 is 24.0 Å². The van der Waals surface area contributed by atoms with Gasteiger partial charge >= 0.3 is 103 Å². The smallest absolute Gasteiger partial charge is 0.781 e. The molecule has 0 rings (SSSR count). The van der Waals surface area contributed by atoms with E-state index in [-0.39, 0.29) is 103 Å². The van der Waals surface area contributed by atoms with Crippen molar-refractivity contribution >= 4 is 16.5 Å². The van der Waals surface area contributed by atoms with Gasteiger partial charge in [-0.25, -0.2) is 0 Å². The summed E-state index contributed by atoms with van der Waals surface area (Å²) >= 11 is 0. The summed E-state index contributed by atoms with van der Waals surface area (Å²) < 4.78 is 21.8. The molecule has 0 aliphatic carbocycles. The van der Waals surface area contributed by atoms with Crippen molar-refractivity contribution in [2.75, 3.05) is 6.61 Å². The van der Waals surface area contributed by atoms with Crippen molar-refractivity contribution in [3.63, 3.8) is 0 Å². The van der Waals surface area contributed by atoms with Gasteiger partial charge in [0.2, 0.25) is 0 Å². The molecule has 0 aromatic carbocycles. The van der Waals surface area contributed by atoms with Crippen LogP contribution in [0.4, 0.5) is 0 Å². The molecule has 2 unspecified atom stereocenters. The summed E-state index contributed by atoms with van der Waals surface area (Å²) in [7, 11) is -7.03. The van der Waals surface area contributed by atoms with Gasteiger partial charge in [-0.15, -0.1) is 0 Å². The van der Waals surface area contributed by atoms with E-state index >= 15 is 0 Å². The molecule has 0 aromatic rings. The van der Waals surface area contributed by atoms with Gasteiger partial charge in [0, 0.05) is 6.61 Å². The van der Waals surface area contributed by atoms with Crippen LogP contribution in [0.3, 0.4) is 0 Å². The number of unbranched alkanes of at least 4 members (excludes halogenated alkanes) is 7. The van der Waals surface area contributed by atoms with E-state index in [1.165, 1.54) is 44.9 Å². The van der Waals surface area contributed by atoms with Crippen LogP contribution >= 0.6 is 16.5 Å². The molecular weight excluding hydrogens is 356 g/mol. The van der Waals surface area contributed by atoms with Gasteiger partial charge in [-0.1, -0.05) is 51.9 Å². The topological polar surface area (TPSA) is 110 Å². The van der Waals surface area contributed by atoms with Gasteiger partial charge in [-0.3, -0.25) is 4.31 Å². The van der Waals surface area contributed by atoms with Crippen LogP contribution in [-0.4, -0.2) is 11.7 Å². The number of aliphatic hydroxyl groups is 1. The molecular formula is C10H24K2O6P2. The number of rotatable bonds is 10. The second-order valence-corrected chi connectivity index (χ2v) is 5.62. The van der Waals surface area contributed by atoms with Gasteiger partial charge in [0.25, 0.3) is 0 Å². The Kier molecular flexibility index (Phi) is 43.0. The molecule has 0 aliphatic rings. The maximum atomic E-state index is 9.29. The summed E-state index contributed by atoms with van der Waals surface area (Å²) in [6.07, 6.45) is 10.4. The Bertz CT molecular complexity index is 202. The van der Waals surface area contributed by atoms with E-state index in [1.54, 1.807) is 0 Å². The molecule has 2 atom stereocenters. The first-order valence-corrected chi connectivity index (χ1v) is 8.70. The molecule has 0 amide bonds. The van der Waals surface area contributed by atoms with E-state index < -0.39 is 16.5 Å². The van der Waals surface area contributed by atoms with Gasteiger partial charge in [0.15, 0.2) is 0 Å². The molecule has 10 heteroatoms. The standard InChI is InChI=1S/C10H22O.2K.H4O5P2/c1-2-3-4-5-6-7-8-9-10-11;;;1-6(2)5-7(3)4/h11H,2-10H2,1H3;;;6-7H,(H,1,2)(H,3,4)/q;2*+1;/p-2. The molecule has 0 aromatic heterocycles. The molecule has 0 fully saturated rings. The van der Waals surface area contributed by atoms with Crippen molar-refractivity contribution in [1.82, 2.24) is 0 Å². The van der Waals surface area contributed by atoms with Crippen LogP contribution in [0.5, 0.6) is 0 Å². The summed E-state index contributed by atoms with van der Waals surface area (Å²) in [5, 5.41) is 8.51. The molecule has 0 spiro atoms. The number of hydrogen-bond donors (Lipinski definition) is 1. The van der Waals surface area contributed by atoms with Crippen LogP contribution in [0.2, 0.25) is 0 Å². The first-order valence-electron chi connectivity index (χ1n) is 6.25. The zero-order valence-electron chi connectivity index (χ0n) is 12.9. The predicted octanol–water partition coefficient (Wildman–Crippen LogP) is -4.37. The van der Waals surface area contributed by atoms with Crippen molar-refractivity contribution in [1.29, 1.82) is 0 Å². The van der Waals surface area contributed by atoms with Crippen molar-refractivity contribution < 1.29 is 131 Å². The van der Waals surface area contributed by atoms with Gasteiger partial charge in [0.05, 0.1) is 0 Å². The zero-order valence-corrected chi connectivity index (χ0v) is 21.1. The summed E-state index contributed by atoms with van der Waals surface area (Å²) in [5.41, 5.74) is 0. The number of aliphatic hydroxyl groups excluding tert-OH is 1. The average Bonchev–Trinajstić information content (AvgIpc) is 2.27. The minimum Gasteiger partial charge on any atom is -0.781 e. The number of hydrogen-bond acceptors (Lipinski definition) is 6. The van der Waals surface area contributed by atoms with Crippen molar-refractivity contribution in [3.8, 4) is 0 Å². The maximum absolute atomic E-state index is 9.29. The van der Waals surface area contributed by atoms with Crippen LogP contribution in [0.1, 0.15) is 58.3 Å². The van der Waals surface area contributed by atoms with Crippen LogP contribution in [0.15, 0.2) is 0 Å². The summed E-state index contributed by atoms with van der Waals surface area (Å²) in [6, 6.07) is 0. The Balaban J connectivity index is -0.000000126. The van der Waals surface area contributed by atoms with E-state index in [9.17, 15) is 18.9 Å². The molecule has 0 saturated carbocycles. The second kappa shape index (κ2) is 27.4. The Morgan fingerprint density at radius 1 is 0.850 bits per heavy atom. The van der Waals surface area contributed by atoms with Gasteiger partial charge in [-0.2, -0.15) is 0 Å². The molecule has 0 heterocycles. The van der Waals surface area contributed by atoms with E-state index in [2.05, 4.69) is 11.2 Å². The summed E-state index contributed by atoms with van der Waals surface area (Å²) in [4.78, 5) is 18.6. The third kappa shape index (κ3) is 37.6. The molecule has 1 N–H and O–H groups in total. The SMILES string of the molecule is CCCCCCCCCCO.O=[PH]([O-])O[PH](=O)[O-].[K+].[K+]. The maximum Gasteiger partial charge on any atom is 1.00 e. The molecule has 20 heavy (non-hydrogen) atoms.